The topological polar surface area (TPSA) is 30.5 Å². The lowest BCUT2D eigenvalue weighted by Crippen LogP contribution is -2.27. The molecule has 2 aromatic rings. The van der Waals surface area contributed by atoms with Crippen LogP contribution in [0.3, 0.4) is 0 Å². The summed E-state index contributed by atoms with van der Waals surface area (Å²) < 4.78 is 0. The summed E-state index contributed by atoms with van der Waals surface area (Å²) in [5.41, 5.74) is 4.23. The molecule has 0 radical (unpaired) electrons. The Morgan fingerprint density at radius 3 is 1.26 bits per heavy atom. The molecule has 2 rings (SSSR count). The molecule has 35 heavy (non-hydrogen) atoms. The van der Waals surface area contributed by atoms with Crippen molar-refractivity contribution in [2.45, 2.75) is 19.5 Å². The highest BCUT2D eigenvalue weighted by molar-refractivity contribution is 6.32. The number of halogens is 6. The molecule has 196 valence electrons. The standard InChI is InChI=1S/C25H34Cl6N4/c26-6-12-34(13-7-27)22-4-2-20(24(30)16-22)18-32-10-1-11-33-19-21-3-5-23(17-25(21)31)35(14-8-28)15-9-29/h2-5,16-17,32-33H,1,6-15,18-19H2. The fraction of sp³-hybridized carbons (Fsp3) is 0.520. The minimum Gasteiger partial charge on any atom is -0.369 e. The zero-order valence-corrected chi connectivity index (χ0v) is 24.4. The summed E-state index contributed by atoms with van der Waals surface area (Å²) in [6, 6.07) is 12.2. The summed E-state index contributed by atoms with van der Waals surface area (Å²) in [6.07, 6.45) is 0.990. The minimum atomic E-state index is 0.547. The van der Waals surface area contributed by atoms with Crippen molar-refractivity contribution in [3.63, 3.8) is 0 Å². The lowest BCUT2D eigenvalue weighted by molar-refractivity contribution is 0.595. The summed E-state index contributed by atoms with van der Waals surface area (Å²) in [7, 11) is 0. The van der Waals surface area contributed by atoms with Gasteiger partial charge in [-0.2, -0.15) is 0 Å². The zero-order chi connectivity index (χ0) is 25.5. The largest absolute Gasteiger partial charge is 0.369 e. The van der Waals surface area contributed by atoms with Crippen LogP contribution >= 0.6 is 69.6 Å². The summed E-state index contributed by atoms with van der Waals surface area (Å²) >= 11 is 36.6. The quantitative estimate of drug-likeness (QED) is 0.145. The molecule has 0 atom stereocenters. The average Bonchev–Trinajstić information content (AvgIpc) is 2.84. The number of benzene rings is 2. The first-order valence-electron chi connectivity index (χ1n) is 11.8. The maximum absolute atomic E-state index is 6.51. The first kappa shape index (κ1) is 30.9. The molecular formula is C25H34Cl6N4. The molecular weight excluding hydrogens is 569 g/mol. The van der Waals surface area contributed by atoms with E-state index in [0.717, 1.165) is 91.3 Å². The summed E-state index contributed by atoms with van der Waals surface area (Å²) in [5, 5.41) is 8.42. The molecule has 0 heterocycles. The first-order chi connectivity index (χ1) is 17.0. The van der Waals surface area contributed by atoms with Crippen LogP contribution in [0.15, 0.2) is 36.4 Å². The summed E-state index contributed by atoms with van der Waals surface area (Å²) in [5.74, 6) is 2.19. The normalized spacial score (nSPS) is 11.1. The van der Waals surface area contributed by atoms with E-state index in [4.69, 9.17) is 69.6 Å². The molecule has 0 amide bonds. The molecule has 0 saturated carbocycles. The second-order valence-electron chi connectivity index (χ2n) is 7.99. The predicted octanol–water partition coefficient (Wildman–Crippen LogP) is 6.83. The van der Waals surface area contributed by atoms with Gasteiger partial charge in [-0.3, -0.25) is 0 Å². The Morgan fingerprint density at radius 1 is 0.571 bits per heavy atom. The third kappa shape index (κ3) is 10.9. The second kappa shape index (κ2) is 18.0. The number of hydrogen-bond acceptors (Lipinski definition) is 4. The molecule has 0 bridgehead atoms. The van der Waals surface area contributed by atoms with E-state index in [1.165, 1.54) is 0 Å². The van der Waals surface area contributed by atoms with Crippen LogP contribution in [0.4, 0.5) is 11.4 Å². The van der Waals surface area contributed by atoms with Crippen LogP contribution in [0.2, 0.25) is 10.0 Å². The average molecular weight is 603 g/mol. The highest BCUT2D eigenvalue weighted by atomic mass is 35.5. The Morgan fingerprint density at radius 2 is 0.943 bits per heavy atom. The van der Waals surface area contributed by atoms with Crippen molar-refractivity contribution in [1.29, 1.82) is 0 Å². The van der Waals surface area contributed by atoms with Crippen molar-refractivity contribution < 1.29 is 0 Å². The van der Waals surface area contributed by atoms with Crippen molar-refractivity contribution in [2.75, 3.05) is 72.6 Å². The van der Waals surface area contributed by atoms with Gasteiger partial charge in [-0.15, -0.1) is 46.4 Å². The molecule has 0 unspecified atom stereocenters. The molecule has 10 heteroatoms. The maximum Gasteiger partial charge on any atom is 0.0471 e. The number of nitrogens with one attached hydrogen (secondary N) is 2. The van der Waals surface area contributed by atoms with Crippen molar-refractivity contribution in [2.24, 2.45) is 0 Å². The molecule has 0 aliphatic rings. The van der Waals surface area contributed by atoms with Crippen molar-refractivity contribution in [3.05, 3.63) is 57.6 Å². The van der Waals surface area contributed by atoms with Gasteiger partial charge < -0.3 is 20.4 Å². The van der Waals surface area contributed by atoms with E-state index in [2.05, 4.69) is 44.7 Å². The van der Waals surface area contributed by atoms with Crippen molar-refractivity contribution in [1.82, 2.24) is 10.6 Å². The van der Waals surface area contributed by atoms with E-state index in [-0.39, 0.29) is 0 Å². The fourth-order valence-corrected chi connectivity index (χ4v) is 4.98. The molecule has 4 nitrogen and oxygen atoms in total. The van der Waals surface area contributed by atoms with Gasteiger partial charge in [0, 0.05) is 84.2 Å². The minimum absolute atomic E-state index is 0.547. The van der Waals surface area contributed by atoms with E-state index in [9.17, 15) is 0 Å². The van der Waals surface area contributed by atoms with Gasteiger partial charge in [-0.25, -0.2) is 0 Å². The Hall–Kier alpha value is -0.300. The van der Waals surface area contributed by atoms with E-state index in [1.807, 2.05) is 12.1 Å². The molecule has 2 aromatic carbocycles. The number of hydrogen-bond donors (Lipinski definition) is 2. The number of rotatable bonds is 18. The van der Waals surface area contributed by atoms with Crippen LogP contribution in [0.5, 0.6) is 0 Å². The highest BCUT2D eigenvalue weighted by Crippen LogP contribution is 2.25. The number of alkyl halides is 4. The van der Waals surface area contributed by atoms with Gasteiger partial charge in [0.15, 0.2) is 0 Å². The van der Waals surface area contributed by atoms with E-state index >= 15 is 0 Å². The lowest BCUT2D eigenvalue weighted by atomic mass is 10.2. The molecule has 0 fully saturated rings. The van der Waals surface area contributed by atoms with E-state index < -0.39 is 0 Å². The van der Waals surface area contributed by atoms with E-state index in [0.29, 0.717) is 23.5 Å². The van der Waals surface area contributed by atoms with Gasteiger partial charge in [-0.05, 0) is 54.9 Å². The van der Waals surface area contributed by atoms with Crippen LogP contribution in [0, 0.1) is 0 Å². The van der Waals surface area contributed by atoms with Gasteiger partial charge in [0.1, 0.15) is 0 Å². The molecule has 0 aromatic heterocycles. The molecule has 0 spiro atoms. The first-order valence-corrected chi connectivity index (χ1v) is 14.7. The van der Waals surface area contributed by atoms with Gasteiger partial charge in [-0.1, -0.05) is 35.3 Å². The number of anilines is 2. The Balaban J connectivity index is 1.72. The Kier molecular flexibility index (Phi) is 15.9. The van der Waals surface area contributed by atoms with Crippen LogP contribution in [-0.2, 0) is 13.1 Å². The smallest absolute Gasteiger partial charge is 0.0471 e. The van der Waals surface area contributed by atoms with Crippen LogP contribution in [-0.4, -0.2) is 62.8 Å². The summed E-state index contributed by atoms with van der Waals surface area (Å²) in [4.78, 5) is 4.29. The molecule has 0 aliphatic carbocycles. The summed E-state index contributed by atoms with van der Waals surface area (Å²) in [6.45, 7) is 6.17. The molecule has 2 N–H and O–H groups in total. The van der Waals surface area contributed by atoms with Crippen molar-refractivity contribution >= 4 is 81.0 Å². The third-order valence-corrected chi connectivity index (χ3v) is 6.94. The van der Waals surface area contributed by atoms with Crippen molar-refractivity contribution in [3.8, 4) is 0 Å². The Bertz CT molecular complexity index is 788. The van der Waals surface area contributed by atoms with Gasteiger partial charge in [0.05, 0.1) is 0 Å². The third-order valence-electron chi connectivity index (χ3n) is 5.56. The molecule has 0 aliphatic heterocycles. The Labute approximate surface area is 240 Å². The zero-order valence-electron chi connectivity index (χ0n) is 19.8. The highest BCUT2D eigenvalue weighted by Gasteiger charge is 2.10. The van der Waals surface area contributed by atoms with Crippen LogP contribution < -0.4 is 20.4 Å². The lowest BCUT2D eigenvalue weighted by Gasteiger charge is -2.23. The van der Waals surface area contributed by atoms with Gasteiger partial charge in [0.2, 0.25) is 0 Å². The monoisotopic (exact) mass is 600 g/mol. The maximum atomic E-state index is 6.51. The second-order valence-corrected chi connectivity index (χ2v) is 10.3. The van der Waals surface area contributed by atoms with Crippen LogP contribution in [0.1, 0.15) is 17.5 Å². The molecule has 0 saturated heterocycles. The van der Waals surface area contributed by atoms with Gasteiger partial charge in [0.25, 0.3) is 0 Å². The van der Waals surface area contributed by atoms with Gasteiger partial charge >= 0.3 is 0 Å². The predicted molar refractivity (Wildman–Crippen MR) is 158 cm³/mol. The van der Waals surface area contributed by atoms with E-state index in [1.54, 1.807) is 0 Å². The fourth-order valence-electron chi connectivity index (χ4n) is 3.69. The van der Waals surface area contributed by atoms with Crippen LogP contribution in [0.25, 0.3) is 0 Å². The SMILES string of the molecule is ClCCN(CCCl)c1ccc(CNCCCNCc2ccc(N(CCCl)CCCl)cc2Cl)c(Cl)c1. The number of nitrogens with zero attached hydrogens (tertiary/aromatic N) is 2.